The molecule has 0 saturated carbocycles. The molecule has 0 spiro atoms. The molecule has 2 fully saturated rings. The molecule has 1 aromatic heterocycles. The van der Waals surface area contributed by atoms with Gasteiger partial charge in [-0.1, -0.05) is 24.3 Å². The fraction of sp³-hybridized carbons (Fsp3) is 0.409. The Labute approximate surface area is 185 Å². The average molecular weight is 442 g/mol. The van der Waals surface area contributed by atoms with Gasteiger partial charge in [-0.2, -0.15) is 0 Å². The highest BCUT2D eigenvalue weighted by molar-refractivity contribution is 7.09. The number of urea groups is 1. The highest BCUT2D eigenvalue weighted by atomic mass is 32.1. The number of rotatable bonds is 7. The second-order valence-corrected chi connectivity index (χ2v) is 8.94. The van der Waals surface area contributed by atoms with Crippen LogP contribution in [0.3, 0.4) is 0 Å². The lowest BCUT2D eigenvalue weighted by atomic mass is 10.0. The van der Waals surface area contributed by atoms with E-state index in [-0.39, 0.29) is 36.0 Å². The molecule has 2 aromatic rings. The number of benzene rings is 1. The summed E-state index contributed by atoms with van der Waals surface area (Å²) in [6.07, 6.45) is 1.63. The van der Waals surface area contributed by atoms with Crippen molar-refractivity contribution in [1.82, 2.24) is 20.9 Å². The summed E-state index contributed by atoms with van der Waals surface area (Å²) >= 11 is 1.62. The third kappa shape index (κ3) is 5.62. The molecule has 0 radical (unpaired) electrons. The Morgan fingerprint density at radius 3 is 2.77 bits per heavy atom. The Hall–Kier alpha value is -2.91. The maximum atomic E-state index is 12.4. The number of nitrogens with one attached hydrogen (secondary N) is 4. The lowest BCUT2D eigenvalue weighted by molar-refractivity contribution is -0.129. The van der Waals surface area contributed by atoms with E-state index >= 15 is 0 Å². The number of fused-ring (bicyclic) bond motifs is 1. The second kappa shape index (κ2) is 9.93. The molecular weight excluding hydrogens is 414 g/mol. The van der Waals surface area contributed by atoms with Crippen LogP contribution >= 0.6 is 11.3 Å². The van der Waals surface area contributed by atoms with Gasteiger partial charge < -0.3 is 21.3 Å². The van der Waals surface area contributed by atoms with Gasteiger partial charge in [0, 0.05) is 42.2 Å². The summed E-state index contributed by atoms with van der Waals surface area (Å²) in [4.78, 5) is 40.2. The van der Waals surface area contributed by atoms with Crippen LogP contribution in [0.1, 0.15) is 24.1 Å². The van der Waals surface area contributed by atoms with Crippen LogP contribution in [-0.2, 0) is 16.1 Å². The highest BCUT2D eigenvalue weighted by Crippen LogP contribution is 2.26. The Morgan fingerprint density at radius 1 is 1.16 bits per heavy atom. The SMILES string of the molecule is O=C(CC[C@@H]1CNC(=O)[C@@H]2C[C@H](NC(=O)Nc3ccccc3)CN12)NCc1cccs1. The maximum Gasteiger partial charge on any atom is 0.319 e. The number of hydrogen-bond donors (Lipinski definition) is 4. The standard InChI is InChI=1S/C22H27N5O3S/c28-20(23-13-18-7-4-10-31-18)9-8-17-12-24-21(29)19-11-16(14-27(17)19)26-22(30)25-15-5-2-1-3-6-15/h1-7,10,16-17,19H,8-9,11-14H2,(H,23,28)(H,24,29)(H2,25,26,30)/t16-,17+,19-/m0/s1. The van der Waals surface area contributed by atoms with Gasteiger partial charge in [0.25, 0.3) is 0 Å². The van der Waals surface area contributed by atoms with E-state index in [1.54, 1.807) is 11.3 Å². The van der Waals surface area contributed by atoms with Crippen molar-refractivity contribution in [1.29, 1.82) is 0 Å². The summed E-state index contributed by atoms with van der Waals surface area (Å²) < 4.78 is 0. The second-order valence-electron chi connectivity index (χ2n) is 7.90. The number of thiophene rings is 1. The molecule has 31 heavy (non-hydrogen) atoms. The molecule has 3 heterocycles. The zero-order chi connectivity index (χ0) is 21.6. The van der Waals surface area contributed by atoms with Gasteiger partial charge in [0.2, 0.25) is 11.8 Å². The molecule has 3 atom stereocenters. The predicted molar refractivity (Wildman–Crippen MR) is 120 cm³/mol. The van der Waals surface area contributed by atoms with Crippen molar-refractivity contribution in [3.8, 4) is 0 Å². The molecule has 4 N–H and O–H groups in total. The fourth-order valence-electron chi connectivity index (χ4n) is 4.21. The Morgan fingerprint density at radius 2 is 2.00 bits per heavy atom. The Bertz CT molecular complexity index is 905. The summed E-state index contributed by atoms with van der Waals surface area (Å²) in [5, 5.41) is 13.7. The minimum atomic E-state index is -0.277. The molecule has 164 valence electrons. The van der Waals surface area contributed by atoms with Crippen LogP contribution in [0, 0.1) is 0 Å². The normalized spacial score (nSPS) is 23.0. The van der Waals surface area contributed by atoms with E-state index in [1.807, 2.05) is 47.8 Å². The smallest absolute Gasteiger partial charge is 0.319 e. The minimum absolute atomic E-state index is 0.00818. The molecule has 2 saturated heterocycles. The summed E-state index contributed by atoms with van der Waals surface area (Å²) in [5.41, 5.74) is 0.722. The van der Waals surface area contributed by atoms with E-state index in [0.717, 1.165) is 10.6 Å². The van der Waals surface area contributed by atoms with Crippen molar-refractivity contribution in [2.24, 2.45) is 0 Å². The molecular formula is C22H27N5O3S. The van der Waals surface area contributed by atoms with Crippen molar-refractivity contribution in [2.75, 3.05) is 18.4 Å². The first-order valence-electron chi connectivity index (χ1n) is 10.5. The third-order valence-electron chi connectivity index (χ3n) is 5.73. The largest absolute Gasteiger partial charge is 0.353 e. The first-order chi connectivity index (χ1) is 15.1. The van der Waals surface area contributed by atoms with E-state index in [4.69, 9.17) is 0 Å². The highest BCUT2D eigenvalue weighted by Gasteiger charge is 2.43. The minimum Gasteiger partial charge on any atom is -0.353 e. The van der Waals surface area contributed by atoms with Crippen molar-refractivity contribution >= 4 is 34.9 Å². The first-order valence-corrected chi connectivity index (χ1v) is 11.4. The first kappa shape index (κ1) is 21.3. The van der Waals surface area contributed by atoms with Gasteiger partial charge in [-0.25, -0.2) is 4.79 Å². The van der Waals surface area contributed by atoms with Crippen molar-refractivity contribution < 1.29 is 14.4 Å². The van der Waals surface area contributed by atoms with Crippen molar-refractivity contribution in [3.63, 3.8) is 0 Å². The van der Waals surface area contributed by atoms with E-state index in [0.29, 0.717) is 38.9 Å². The van der Waals surface area contributed by atoms with Crippen molar-refractivity contribution in [3.05, 3.63) is 52.7 Å². The van der Waals surface area contributed by atoms with Gasteiger partial charge in [-0.05, 0) is 36.4 Å². The Balaban J connectivity index is 1.26. The van der Waals surface area contributed by atoms with Gasteiger partial charge in [0.15, 0.2) is 0 Å². The number of piperazine rings is 1. The van der Waals surface area contributed by atoms with E-state index < -0.39 is 0 Å². The molecule has 4 rings (SSSR count). The number of para-hydroxylation sites is 1. The topological polar surface area (TPSA) is 103 Å². The Kier molecular flexibility index (Phi) is 6.83. The molecule has 1 aromatic carbocycles. The van der Waals surface area contributed by atoms with Crippen LogP contribution in [0.4, 0.5) is 10.5 Å². The van der Waals surface area contributed by atoms with Gasteiger partial charge in [0.1, 0.15) is 0 Å². The van der Waals surface area contributed by atoms with E-state index in [9.17, 15) is 14.4 Å². The molecule has 8 nitrogen and oxygen atoms in total. The number of hydrogen-bond acceptors (Lipinski definition) is 5. The van der Waals surface area contributed by atoms with Gasteiger partial charge in [0.05, 0.1) is 12.6 Å². The molecule has 0 unspecified atom stereocenters. The fourth-order valence-corrected chi connectivity index (χ4v) is 4.85. The quantitative estimate of drug-likeness (QED) is 0.527. The monoisotopic (exact) mass is 441 g/mol. The molecule has 0 aliphatic carbocycles. The number of nitrogens with zero attached hydrogens (tertiary/aromatic N) is 1. The van der Waals surface area contributed by atoms with Gasteiger partial charge >= 0.3 is 6.03 Å². The molecule has 0 bridgehead atoms. The van der Waals surface area contributed by atoms with Gasteiger partial charge in [-0.15, -0.1) is 11.3 Å². The maximum absolute atomic E-state index is 12.4. The van der Waals surface area contributed by atoms with E-state index in [1.165, 1.54) is 0 Å². The average Bonchev–Trinajstić information content (AvgIpc) is 3.43. The van der Waals surface area contributed by atoms with Gasteiger partial charge in [-0.3, -0.25) is 14.5 Å². The molecule has 9 heteroatoms. The zero-order valence-electron chi connectivity index (χ0n) is 17.2. The van der Waals surface area contributed by atoms with E-state index in [2.05, 4.69) is 26.2 Å². The van der Waals surface area contributed by atoms with Crippen LogP contribution in [0.25, 0.3) is 0 Å². The number of carbonyl (C=O) groups is 3. The molecule has 4 amide bonds. The number of anilines is 1. The number of amides is 4. The van der Waals surface area contributed by atoms with Crippen molar-refractivity contribution in [2.45, 2.75) is 43.9 Å². The van der Waals surface area contributed by atoms with Crippen LogP contribution in [0.2, 0.25) is 0 Å². The molecule has 2 aliphatic rings. The van der Waals surface area contributed by atoms with Crippen LogP contribution in [0.15, 0.2) is 47.8 Å². The summed E-state index contributed by atoms with van der Waals surface area (Å²) in [5.74, 6) is 0.00382. The molecule has 2 aliphatic heterocycles. The third-order valence-corrected chi connectivity index (χ3v) is 6.61. The van der Waals surface area contributed by atoms with Crippen LogP contribution < -0.4 is 21.3 Å². The van der Waals surface area contributed by atoms with Crippen LogP contribution in [0.5, 0.6) is 0 Å². The summed E-state index contributed by atoms with van der Waals surface area (Å²) in [6, 6.07) is 12.6. The lowest BCUT2D eigenvalue weighted by Gasteiger charge is -2.37. The predicted octanol–water partition coefficient (Wildman–Crippen LogP) is 1.91. The van der Waals surface area contributed by atoms with Crippen LogP contribution in [-0.4, -0.2) is 54.0 Å². The number of carbonyl (C=O) groups excluding carboxylic acids is 3. The summed E-state index contributed by atoms with van der Waals surface area (Å²) in [7, 11) is 0. The lowest BCUT2D eigenvalue weighted by Crippen LogP contribution is -2.58. The zero-order valence-corrected chi connectivity index (χ0v) is 18.0. The summed E-state index contributed by atoms with van der Waals surface area (Å²) in [6.45, 7) is 1.67.